The Morgan fingerprint density at radius 3 is 2.59 bits per heavy atom. The predicted octanol–water partition coefficient (Wildman–Crippen LogP) is 2.97. The fraction of sp³-hybridized carbons (Fsp3) is 0.308. The number of benzene rings is 1. The molecular weight excluding hydrogens is 278 g/mol. The van der Waals surface area contributed by atoms with Gasteiger partial charge in [-0.15, -0.1) is 0 Å². The SMILES string of the molecule is Cc1ccc(Cc2nc(N)n(C)c2C)cc1Br. The van der Waals surface area contributed by atoms with E-state index in [9.17, 15) is 0 Å². The summed E-state index contributed by atoms with van der Waals surface area (Å²) in [4.78, 5) is 4.38. The summed E-state index contributed by atoms with van der Waals surface area (Å²) in [6.45, 7) is 4.12. The smallest absolute Gasteiger partial charge is 0.200 e. The molecule has 1 aromatic heterocycles. The van der Waals surface area contributed by atoms with E-state index in [1.807, 2.05) is 18.5 Å². The Kier molecular flexibility index (Phi) is 3.24. The van der Waals surface area contributed by atoms with E-state index < -0.39 is 0 Å². The van der Waals surface area contributed by atoms with Crippen LogP contribution in [-0.4, -0.2) is 9.55 Å². The fourth-order valence-electron chi connectivity index (χ4n) is 1.77. The summed E-state index contributed by atoms with van der Waals surface area (Å²) in [7, 11) is 1.94. The van der Waals surface area contributed by atoms with Gasteiger partial charge >= 0.3 is 0 Å². The summed E-state index contributed by atoms with van der Waals surface area (Å²) in [6, 6.07) is 6.38. The third-order valence-corrected chi connectivity index (χ3v) is 3.98. The number of hydrogen-bond acceptors (Lipinski definition) is 2. The maximum Gasteiger partial charge on any atom is 0.200 e. The van der Waals surface area contributed by atoms with Crippen molar-refractivity contribution in [3.8, 4) is 0 Å². The fourth-order valence-corrected chi connectivity index (χ4v) is 2.19. The Morgan fingerprint density at radius 1 is 1.35 bits per heavy atom. The van der Waals surface area contributed by atoms with Crippen LogP contribution in [0.25, 0.3) is 0 Å². The van der Waals surface area contributed by atoms with Crippen LogP contribution in [0.2, 0.25) is 0 Å². The molecule has 2 rings (SSSR count). The summed E-state index contributed by atoms with van der Waals surface area (Å²) in [5.41, 5.74) is 10.4. The average molecular weight is 294 g/mol. The Hall–Kier alpha value is -1.29. The Balaban J connectivity index is 2.31. The number of halogens is 1. The average Bonchev–Trinajstić information content (AvgIpc) is 2.52. The van der Waals surface area contributed by atoms with Crippen LogP contribution in [0.5, 0.6) is 0 Å². The van der Waals surface area contributed by atoms with Gasteiger partial charge in [0.15, 0.2) is 5.95 Å². The van der Waals surface area contributed by atoms with Gasteiger partial charge in [0, 0.05) is 23.6 Å². The first-order valence-corrected chi connectivity index (χ1v) is 6.31. The number of nitrogens with zero attached hydrogens (tertiary/aromatic N) is 2. The Labute approximate surface area is 110 Å². The van der Waals surface area contributed by atoms with Gasteiger partial charge in [0.05, 0.1) is 5.69 Å². The van der Waals surface area contributed by atoms with Gasteiger partial charge in [0.2, 0.25) is 0 Å². The van der Waals surface area contributed by atoms with E-state index in [0.717, 1.165) is 22.3 Å². The summed E-state index contributed by atoms with van der Waals surface area (Å²) in [6.07, 6.45) is 0.815. The van der Waals surface area contributed by atoms with Crippen molar-refractivity contribution in [2.24, 2.45) is 7.05 Å². The van der Waals surface area contributed by atoms with E-state index in [2.05, 4.69) is 46.0 Å². The minimum absolute atomic E-state index is 0.573. The number of nitrogens with two attached hydrogens (primary N) is 1. The van der Waals surface area contributed by atoms with Crippen LogP contribution < -0.4 is 5.73 Å². The lowest BCUT2D eigenvalue weighted by molar-refractivity contribution is 0.881. The van der Waals surface area contributed by atoms with Gasteiger partial charge in [0.25, 0.3) is 0 Å². The summed E-state index contributed by atoms with van der Waals surface area (Å²) in [5.74, 6) is 0.573. The van der Waals surface area contributed by atoms with Crippen LogP contribution in [0, 0.1) is 13.8 Å². The molecule has 4 heteroatoms. The summed E-state index contributed by atoms with van der Waals surface area (Å²) < 4.78 is 3.05. The molecule has 1 aromatic carbocycles. The van der Waals surface area contributed by atoms with Gasteiger partial charge in [-0.3, -0.25) is 0 Å². The van der Waals surface area contributed by atoms with Crippen LogP contribution in [0.15, 0.2) is 22.7 Å². The van der Waals surface area contributed by atoms with Gasteiger partial charge in [-0.1, -0.05) is 28.1 Å². The third-order valence-electron chi connectivity index (χ3n) is 3.12. The zero-order valence-corrected chi connectivity index (χ0v) is 11.9. The van der Waals surface area contributed by atoms with Crippen molar-refractivity contribution in [3.05, 3.63) is 45.2 Å². The molecule has 2 N–H and O–H groups in total. The molecule has 0 radical (unpaired) electrons. The molecule has 2 aromatic rings. The third kappa shape index (κ3) is 2.36. The van der Waals surface area contributed by atoms with Crippen molar-refractivity contribution in [2.75, 3.05) is 5.73 Å². The summed E-state index contributed by atoms with van der Waals surface area (Å²) >= 11 is 3.55. The zero-order chi connectivity index (χ0) is 12.6. The van der Waals surface area contributed by atoms with Crippen LogP contribution in [0.3, 0.4) is 0 Å². The van der Waals surface area contributed by atoms with Gasteiger partial charge < -0.3 is 10.3 Å². The van der Waals surface area contributed by atoms with E-state index >= 15 is 0 Å². The van der Waals surface area contributed by atoms with Gasteiger partial charge in [-0.05, 0) is 31.0 Å². The highest BCUT2D eigenvalue weighted by Crippen LogP contribution is 2.21. The first-order valence-electron chi connectivity index (χ1n) is 5.51. The summed E-state index contributed by atoms with van der Waals surface area (Å²) in [5, 5.41) is 0. The molecule has 0 spiro atoms. The van der Waals surface area contributed by atoms with Crippen LogP contribution in [0.4, 0.5) is 5.95 Å². The van der Waals surface area contributed by atoms with Crippen molar-refractivity contribution < 1.29 is 0 Å². The number of imidazole rings is 1. The van der Waals surface area contributed by atoms with Crippen molar-refractivity contribution in [2.45, 2.75) is 20.3 Å². The maximum absolute atomic E-state index is 5.79. The molecule has 0 atom stereocenters. The van der Waals surface area contributed by atoms with E-state index in [4.69, 9.17) is 5.73 Å². The molecule has 1 heterocycles. The zero-order valence-electron chi connectivity index (χ0n) is 10.3. The molecule has 0 aliphatic rings. The topological polar surface area (TPSA) is 43.8 Å². The standard InChI is InChI=1S/C13H16BrN3/c1-8-4-5-10(6-11(8)14)7-12-9(2)17(3)13(15)16-12/h4-6H,7H2,1-3H3,(H2,15,16). The first kappa shape index (κ1) is 12.2. The van der Waals surface area contributed by atoms with Crippen molar-refractivity contribution >= 4 is 21.9 Å². The number of aromatic nitrogens is 2. The van der Waals surface area contributed by atoms with Crippen LogP contribution >= 0.6 is 15.9 Å². The molecule has 0 saturated heterocycles. The monoisotopic (exact) mass is 293 g/mol. The van der Waals surface area contributed by atoms with Gasteiger partial charge in [0.1, 0.15) is 0 Å². The number of rotatable bonds is 2. The number of hydrogen-bond donors (Lipinski definition) is 1. The number of anilines is 1. The van der Waals surface area contributed by atoms with E-state index in [0.29, 0.717) is 5.95 Å². The van der Waals surface area contributed by atoms with E-state index in [-0.39, 0.29) is 0 Å². The Bertz CT molecular complexity index is 558. The van der Waals surface area contributed by atoms with Gasteiger partial charge in [-0.25, -0.2) is 4.98 Å². The second kappa shape index (κ2) is 4.53. The number of aryl methyl sites for hydroxylation is 1. The van der Waals surface area contributed by atoms with Crippen LogP contribution in [0.1, 0.15) is 22.5 Å². The molecule has 0 fully saturated rings. The quantitative estimate of drug-likeness (QED) is 0.925. The molecule has 0 amide bonds. The highest BCUT2D eigenvalue weighted by Gasteiger charge is 2.09. The molecule has 3 nitrogen and oxygen atoms in total. The van der Waals surface area contributed by atoms with E-state index in [1.54, 1.807) is 0 Å². The highest BCUT2D eigenvalue weighted by atomic mass is 79.9. The predicted molar refractivity (Wildman–Crippen MR) is 74.0 cm³/mol. The van der Waals surface area contributed by atoms with E-state index in [1.165, 1.54) is 11.1 Å². The molecule has 0 aliphatic carbocycles. The molecule has 0 saturated carbocycles. The minimum Gasteiger partial charge on any atom is -0.369 e. The lowest BCUT2D eigenvalue weighted by Gasteiger charge is -2.04. The largest absolute Gasteiger partial charge is 0.369 e. The van der Waals surface area contributed by atoms with Gasteiger partial charge in [-0.2, -0.15) is 0 Å². The molecular formula is C13H16BrN3. The normalized spacial score (nSPS) is 10.8. The Morgan fingerprint density at radius 2 is 2.06 bits per heavy atom. The molecule has 0 aliphatic heterocycles. The molecule has 90 valence electrons. The maximum atomic E-state index is 5.79. The first-order chi connectivity index (χ1) is 7.99. The molecule has 17 heavy (non-hydrogen) atoms. The second-order valence-corrected chi connectivity index (χ2v) is 5.18. The van der Waals surface area contributed by atoms with Crippen molar-refractivity contribution in [1.29, 1.82) is 0 Å². The lowest BCUT2D eigenvalue weighted by atomic mass is 10.1. The minimum atomic E-state index is 0.573. The highest BCUT2D eigenvalue weighted by molar-refractivity contribution is 9.10. The van der Waals surface area contributed by atoms with Crippen molar-refractivity contribution in [3.63, 3.8) is 0 Å². The lowest BCUT2D eigenvalue weighted by Crippen LogP contribution is -1.98. The van der Waals surface area contributed by atoms with Crippen molar-refractivity contribution in [1.82, 2.24) is 9.55 Å². The van der Waals surface area contributed by atoms with Crippen LogP contribution in [-0.2, 0) is 13.5 Å². The molecule has 0 unspecified atom stereocenters. The molecule has 0 bridgehead atoms. The second-order valence-electron chi connectivity index (χ2n) is 4.32. The number of nitrogen functional groups attached to an aromatic ring is 1.